The van der Waals surface area contributed by atoms with Gasteiger partial charge in [0.05, 0.1) is 4.92 Å². The number of hydrogen-bond acceptors (Lipinski definition) is 4. The number of nitrogens with zero attached hydrogens (tertiary/aromatic N) is 1. The molecule has 0 atom stereocenters. The number of non-ortho nitro benzene ring substituents is 1. The molecule has 0 amide bonds. The van der Waals surface area contributed by atoms with E-state index in [1.54, 1.807) is 19.9 Å². The number of aryl methyl sites for hydroxylation is 1. The molecule has 0 spiro atoms. The quantitative estimate of drug-likeness (QED) is 0.395. The Kier molecular flexibility index (Phi) is 4.60. The number of Topliss-reactive ketones (excluding diaryl/α,β-unsaturated/α-hetero) is 1. The monoisotopic (exact) mass is 311 g/mol. The molecule has 0 radical (unpaired) electrons. The van der Waals surface area contributed by atoms with E-state index < -0.39 is 4.92 Å². The molecule has 0 saturated heterocycles. The average molecular weight is 311 g/mol. The van der Waals surface area contributed by atoms with E-state index in [-0.39, 0.29) is 17.2 Å². The minimum Gasteiger partial charge on any atom is -0.508 e. The van der Waals surface area contributed by atoms with Crippen molar-refractivity contribution in [3.63, 3.8) is 0 Å². The maximum Gasteiger partial charge on any atom is 0.270 e. The lowest BCUT2D eigenvalue weighted by Crippen LogP contribution is -2.06. The number of nitro groups is 1. The standard InChI is InChI=1S/C18H17NO4/c1-11(2)17(18(21)13-5-8-15(20)9-6-13)16-10-14(19(22)23)7-4-12(16)3/h4-10,20H,1-3H3. The number of ketones is 1. The van der Waals surface area contributed by atoms with Crippen molar-refractivity contribution in [1.29, 1.82) is 0 Å². The lowest BCUT2D eigenvalue weighted by Gasteiger charge is -2.12. The van der Waals surface area contributed by atoms with Crippen molar-refractivity contribution < 1.29 is 14.8 Å². The molecule has 0 aliphatic rings. The highest BCUT2D eigenvalue weighted by Gasteiger charge is 2.20. The van der Waals surface area contributed by atoms with Crippen LogP contribution in [-0.4, -0.2) is 15.8 Å². The lowest BCUT2D eigenvalue weighted by atomic mass is 9.90. The van der Waals surface area contributed by atoms with Gasteiger partial charge in [0.25, 0.3) is 5.69 Å². The molecule has 2 aromatic rings. The average Bonchev–Trinajstić information content (AvgIpc) is 2.49. The molecule has 0 aliphatic heterocycles. The van der Waals surface area contributed by atoms with E-state index in [0.29, 0.717) is 16.7 Å². The number of aromatic hydroxyl groups is 1. The summed E-state index contributed by atoms with van der Waals surface area (Å²) >= 11 is 0. The Hall–Kier alpha value is -2.95. The summed E-state index contributed by atoms with van der Waals surface area (Å²) in [6, 6.07) is 10.4. The van der Waals surface area contributed by atoms with Crippen LogP contribution >= 0.6 is 0 Å². The van der Waals surface area contributed by atoms with E-state index in [0.717, 1.165) is 11.1 Å². The first-order valence-corrected chi connectivity index (χ1v) is 7.08. The van der Waals surface area contributed by atoms with E-state index >= 15 is 0 Å². The first-order chi connectivity index (χ1) is 10.8. The van der Waals surface area contributed by atoms with Crippen LogP contribution in [0, 0.1) is 17.0 Å². The molecule has 2 aromatic carbocycles. The Balaban J connectivity index is 2.58. The van der Waals surface area contributed by atoms with E-state index in [1.165, 1.54) is 36.4 Å². The van der Waals surface area contributed by atoms with Gasteiger partial charge in [-0.3, -0.25) is 14.9 Å². The van der Waals surface area contributed by atoms with Crippen molar-refractivity contribution in [2.45, 2.75) is 20.8 Å². The zero-order valence-corrected chi connectivity index (χ0v) is 13.2. The van der Waals surface area contributed by atoms with Crippen LogP contribution in [0.2, 0.25) is 0 Å². The van der Waals surface area contributed by atoms with Gasteiger partial charge >= 0.3 is 0 Å². The van der Waals surface area contributed by atoms with Gasteiger partial charge < -0.3 is 5.11 Å². The minimum absolute atomic E-state index is 0.0529. The largest absolute Gasteiger partial charge is 0.508 e. The smallest absolute Gasteiger partial charge is 0.270 e. The van der Waals surface area contributed by atoms with Gasteiger partial charge in [-0.2, -0.15) is 0 Å². The minimum atomic E-state index is -0.476. The Morgan fingerprint density at radius 3 is 2.22 bits per heavy atom. The van der Waals surface area contributed by atoms with E-state index in [9.17, 15) is 20.0 Å². The molecular formula is C18H17NO4. The third-order valence-electron chi connectivity index (χ3n) is 3.56. The second-order valence-electron chi connectivity index (χ2n) is 5.51. The molecule has 23 heavy (non-hydrogen) atoms. The molecule has 0 fully saturated rings. The molecule has 0 heterocycles. The molecule has 0 saturated carbocycles. The molecular weight excluding hydrogens is 294 g/mol. The number of phenolic OH excluding ortho intramolecular Hbond substituents is 1. The van der Waals surface area contributed by atoms with E-state index in [1.807, 2.05) is 6.92 Å². The Morgan fingerprint density at radius 1 is 1.09 bits per heavy atom. The van der Waals surface area contributed by atoms with Crippen LogP contribution in [0.4, 0.5) is 5.69 Å². The van der Waals surface area contributed by atoms with E-state index in [4.69, 9.17) is 0 Å². The summed E-state index contributed by atoms with van der Waals surface area (Å²) in [4.78, 5) is 23.4. The van der Waals surface area contributed by atoms with Crippen molar-refractivity contribution in [3.05, 3.63) is 74.8 Å². The summed E-state index contributed by atoms with van der Waals surface area (Å²) in [5.41, 5.74) is 2.92. The first-order valence-electron chi connectivity index (χ1n) is 7.08. The van der Waals surface area contributed by atoms with Crippen LogP contribution < -0.4 is 0 Å². The maximum absolute atomic E-state index is 12.8. The second-order valence-corrected chi connectivity index (χ2v) is 5.51. The first kappa shape index (κ1) is 16.4. The summed E-state index contributed by atoms with van der Waals surface area (Å²) in [5.74, 6) is -0.152. The molecule has 0 bridgehead atoms. The highest BCUT2D eigenvalue weighted by Crippen LogP contribution is 2.29. The Bertz CT molecular complexity index is 800. The van der Waals surface area contributed by atoms with Gasteiger partial charge in [0, 0.05) is 23.3 Å². The predicted molar refractivity (Wildman–Crippen MR) is 88.5 cm³/mol. The van der Waals surface area contributed by atoms with E-state index in [2.05, 4.69) is 0 Å². The van der Waals surface area contributed by atoms with Gasteiger partial charge in [0.2, 0.25) is 0 Å². The molecule has 0 aliphatic carbocycles. The molecule has 0 unspecified atom stereocenters. The fraction of sp³-hybridized carbons (Fsp3) is 0.167. The maximum atomic E-state index is 12.8. The summed E-state index contributed by atoms with van der Waals surface area (Å²) in [7, 11) is 0. The van der Waals surface area contributed by atoms with Gasteiger partial charge in [-0.05, 0) is 56.2 Å². The molecule has 118 valence electrons. The van der Waals surface area contributed by atoms with Crippen molar-refractivity contribution >= 4 is 17.0 Å². The summed E-state index contributed by atoms with van der Waals surface area (Å²) in [6.45, 7) is 5.41. The molecule has 2 rings (SSSR count). The Morgan fingerprint density at radius 2 is 1.70 bits per heavy atom. The number of phenols is 1. The zero-order valence-electron chi connectivity index (χ0n) is 13.2. The molecule has 5 nitrogen and oxygen atoms in total. The van der Waals surface area contributed by atoms with Crippen LogP contribution in [0.25, 0.3) is 5.57 Å². The number of rotatable bonds is 4. The number of carbonyl (C=O) groups is 1. The summed E-state index contributed by atoms with van der Waals surface area (Å²) in [5, 5.41) is 20.4. The van der Waals surface area contributed by atoms with Crippen molar-refractivity contribution in [2.24, 2.45) is 0 Å². The highest BCUT2D eigenvalue weighted by molar-refractivity contribution is 6.29. The predicted octanol–water partition coefficient (Wildman–Crippen LogP) is 4.29. The number of benzene rings is 2. The fourth-order valence-electron chi connectivity index (χ4n) is 2.37. The Labute approximate surface area is 134 Å². The molecule has 5 heteroatoms. The van der Waals surface area contributed by atoms with Crippen LogP contribution in [0.3, 0.4) is 0 Å². The van der Waals surface area contributed by atoms with Crippen LogP contribution in [-0.2, 0) is 0 Å². The van der Waals surface area contributed by atoms with Crippen molar-refractivity contribution in [3.8, 4) is 5.75 Å². The lowest BCUT2D eigenvalue weighted by molar-refractivity contribution is -0.384. The second kappa shape index (κ2) is 6.44. The third-order valence-corrected chi connectivity index (χ3v) is 3.56. The zero-order chi connectivity index (χ0) is 17.1. The number of allylic oxidation sites excluding steroid dienone is 2. The molecule has 0 aromatic heterocycles. The van der Waals surface area contributed by atoms with Gasteiger partial charge in [0.15, 0.2) is 5.78 Å². The molecule has 1 N–H and O–H groups in total. The third kappa shape index (κ3) is 3.45. The van der Waals surface area contributed by atoms with Crippen molar-refractivity contribution in [2.75, 3.05) is 0 Å². The van der Waals surface area contributed by atoms with Crippen LogP contribution in [0.5, 0.6) is 5.75 Å². The van der Waals surface area contributed by atoms with Gasteiger partial charge in [-0.25, -0.2) is 0 Å². The number of carbonyl (C=O) groups excluding carboxylic acids is 1. The van der Waals surface area contributed by atoms with Gasteiger partial charge in [-0.15, -0.1) is 0 Å². The summed E-state index contributed by atoms with van der Waals surface area (Å²) in [6.07, 6.45) is 0. The number of hydrogen-bond donors (Lipinski definition) is 1. The van der Waals surface area contributed by atoms with Crippen LogP contribution in [0.1, 0.15) is 35.3 Å². The van der Waals surface area contributed by atoms with Crippen LogP contribution in [0.15, 0.2) is 48.0 Å². The van der Waals surface area contributed by atoms with Gasteiger partial charge in [-0.1, -0.05) is 11.6 Å². The SMILES string of the molecule is CC(C)=C(C(=O)c1ccc(O)cc1)c1cc([N+](=O)[O-])ccc1C. The fourth-order valence-corrected chi connectivity index (χ4v) is 2.37. The van der Waals surface area contributed by atoms with Gasteiger partial charge in [0.1, 0.15) is 5.75 Å². The highest BCUT2D eigenvalue weighted by atomic mass is 16.6. The van der Waals surface area contributed by atoms with Crippen molar-refractivity contribution in [1.82, 2.24) is 0 Å². The summed E-state index contributed by atoms with van der Waals surface area (Å²) < 4.78 is 0. The number of nitro benzene ring substituents is 1. The topological polar surface area (TPSA) is 80.4 Å². The normalized spacial score (nSPS) is 10.2.